The first-order chi connectivity index (χ1) is 11.6. The van der Waals surface area contributed by atoms with Crippen molar-refractivity contribution in [3.63, 3.8) is 0 Å². The van der Waals surface area contributed by atoms with Crippen LogP contribution in [-0.4, -0.2) is 42.1 Å². The molecule has 2 aromatic rings. The summed E-state index contributed by atoms with van der Waals surface area (Å²) in [6.07, 6.45) is 1.55. The third-order valence-electron chi connectivity index (χ3n) is 2.90. The maximum absolute atomic E-state index is 10.8. The first kappa shape index (κ1) is 20.2. The monoisotopic (exact) mass is 367 g/mol. The highest BCUT2D eigenvalue weighted by atomic mass is 35.5. The predicted molar refractivity (Wildman–Crippen MR) is 90.9 cm³/mol. The highest BCUT2D eigenvalue weighted by molar-refractivity contribution is 6.28. The van der Waals surface area contributed by atoms with Crippen LogP contribution in [0.3, 0.4) is 0 Å². The molecular weight excluding hydrogens is 350 g/mol. The van der Waals surface area contributed by atoms with Crippen LogP contribution in [0.1, 0.15) is 51.5 Å². The number of hydrogen-bond donors (Lipinski definition) is 3. The number of hydrogen-bond acceptors (Lipinski definition) is 7. The van der Waals surface area contributed by atoms with Crippen LogP contribution in [0, 0.1) is 13.8 Å². The number of aromatic nitrogens is 4. The standard InChI is InChI=1S/C9H13N3O2.C6H5ClN2O2/c1-3-4-6-11-5(2)7(10)8(12-6)9(13)14;1-3-2-4(5(10)11)9-6(7)8-3/h3-4,10H2,1-2H3,(H,13,14);2H,1H3,(H,10,11). The van der Waals surface area contributed by atoms with Crippen molar-refractivity contribution in [1.82, 2.24) is 19.9 Å². The Morgan fingerprint density at radius 2 is 1.76 bits per heavy atom. The van der Waals surface area contributed by atoms with Crippen LogP contribution in [-0.2, 0) is 6.42 Å². The van der Waals surface area contributed by atoms with Crippen LogP contribution in [0.4, 0.5) is 5.69 Å². The van der Waals surface area contributed by atoms with E-state index in [1.807, 2.05) is 6.92 Å². The SMILES string of the molecule is CCCc1nc(C)c(N)c(C(=O)O)n1.Cc1cc(C(=O)O)nc(Cl)n1. The lowest BCUT2D eigenvalue weighted by molar-refractivity contribution is 0.0680. The van der Waals surface area contributed by atoms with Gasteiger partial charge in [0, 0.05) is 12.1 Å². The van der Waals surface area contributed by atoms with E-state index in [2.05, 4.69) is 19.9 Å². The zero-order chi connectivity index (χ0) is 19.1. The molecule has 2 rings (SSSR count). The number of carbonyl (C=O) groups is 2. The molecule has 0 amide bonds. The molecule has 2 heterocycles. The molecule has 2 aromatic heterocycles. The van der Waals surface area contributed by atoms with Gasteiger partial charge in [0.15, 0.2) is 11.4 Å². The molecule has 0 aromatic carbocycles. The fourth-order valence-corrected chi connectivity index (χ4v) is 2.00. The average molecular weight is 368 g/mol. The van der Waals surface area contributed by atoms with Crippen LogP contribution in [0.2, 0.25) is 5.28 Å². The number of nitrogen functional groups attached to an aromatic ring is 1. The van der Waals surface area contributed by atoms with Crippen molar-refractivity contribution in [3.05, 3.63) is 40.0 Å². The zero-order valence-electron chi connectivity index (χ0n) is 13.9. The number of aromatic carboxylic acids is 2. The van der Waals surface area contributed by atoms with Crippen molar-refractivity contribution in [2.24, 2.45) is 0 Å². The van der Waals surface area contributed by atoms with Gasteiger partial charge >= 0.3 is 11.9 Å². The first-order valence-corrected chi connectivity index (χ1v) is 7.64. The van der Waals surface area contributed by atoms with Crippen molar-refractivity contribution in [2.75, 3.05) is 5.73 Å². The minimum atomic E-state index is -1.11. The number of nitrogens with zero attached hydrogens (tertiary/aromatic N) is 4. The van der Waals surface area contributed by atoms with E-state index in [0.29, 0.717) is 23.6 Å². The summed E-state index contributed by atoms with van der Waals surface area (Å²) in [5.74, 6) is -1.67. The lowest BCUT2D eigenvalue weighted by Crippen LogP contribution is -2.11. The first-order valence-electron chi connectivity index (χ1n) is 7.26. The van der Waals surface area contributed by atoms with Gasteiger partial charge in [-0.2, -0.15) is 0 Å². The summed E-state index contributed by atoms with van der Waals surface area (Å²) >= 11 is 5.41. The zero-order valence-corrected chi connectivity index (χ0v) is 14.7. The van der Waals surface area contributed by atoms with Gasteiger partial charge in [0.25, 0.3) is 0 Å². The summed E-state index contributed by atoms with van der Waals surface area (Å²) in [4.78, 5) is 36.3. The molecule has 0 saturated carbocycles. The molecule has 0 aliphatic carbocycles. The third kappa shape index (κ3) is 5.96. The number of anilines is 1. The van der Waals surface area contributed by atoms with Crippen molar-refractivity contribution >= 4 is 29.2 Å². The maximum Gasteiger partial charge on any atom is 0.356 e. The topological polar surface area (TPSA) is 152 Å². The lowest BCUT2D eigenvalue weighted by atomic mass is 10.2. The fourth-order valence-electron chi connectivity index (χ4n) is 1.78. The molecule has 0 saturated heterocycles. The normalized spacial score (nSPS) is 9.92. The molecule has 9 nitrogen and oxygen atoms in total. The van der Waals surface area contributed by atoms with Gasteiger partial charge in [-0.25, -0.2) is 29.5 Å². The van der Waals surface area contributed by atoms with Gasteiger partial charge < -0.3 is 15.9 Å². The summed E-state index contributed by atoms with van der Waals surface area (Å²) in [6.45, 7) is 5.32. The Kier molecular flexibility index (Phi) is 7.19. The number of aryl methyl sites for hydroxylation is 3. The van der Waals surface area contributed by atoms with E-state index in [9.17, 15) is 9.59 Å². The van der Waals surface area contributed by atoms with Gasteiger partial charge in [-0.3, -0.25) is 0 Å². The number of nitrogens with two attached hydrogens (primary N) is 1. The highest BCUT2D eigenvalue weighted by Crippen LogP contribution is 2.13. The summed E-state index contributed by atoms with van der Waals surface area (Å²) < 4.78 is 0. The van der Waals surface area contributed by atoms with E-state index < -0.39 is 11.9 Å². The number of carboxylic acids is 2. The van der Waals surface area contributed by atoms with Gasteiger partial charge in [0.05, 0.1) is 11.4 Å². The molecule has 0 fully saturated rings. The van der Waals surface area contributed by atoms with Gasteiger partial charge in [-0.05, 0) is 37.9 Å². The molecular formula is C15H18ClN5O4. The summed E-state index contributed by atoms with van der Waals surface area (Å²) in [6, 6.07) is 1.36. The Morgan fingerprint density at radius 1 is 1.12 bits per heavy atom. The highest BCUT2D eigenvalue weighted by Gasteiger charge is 2.14. The van der Waals surface area contributed by atoms with E-state index in [1.165, 1.54) is 6.07 Å². The molecule has 25 heavy (non-hydrogen) atoms. The molecule has 4 N–H and O–H groups in total. The van der Waals surface area contributed by atoms with Crippen molar-refractivity contribution in [3.8, 4) is 0 Å². The maximum atomic E-state index is 10.8. The van der Waals surface area contributed by atoms with Gasteiger partial charge in [0.1, 0.15) is 5.82 Å². The largest absolute Gasteiger partial charge is 0.477 e. The smallest absolute Gasteiger partial charge is 0.356 e. The molecule has 0 atom stereocenters. The predicted octanol–water partition coefficient (Wildman–Crippen LogP) is 2.15. The minimum Gasteiger partial charge on any atom is -0.477 e. The fraction of sp³-hybridized carbons (Fsp3) is 0.333. The van der Waals surface area contributed by atoms with Crippen LogP contribution in [0.25, 0.3) is 0 Å². The molecule has 0 radical (unpaired) electrons. The minimum absolute atomic E-state index is 0.0394. The molecule has 0 spiro atoms. The average Bonchev–Trinajstić information content (AvgIpc) is 2.50. The van der Waals surface area contributed by atoms with E-state index in [-0.39, 0.29) is 22.4 Å². The molecule has 0 unspecified atom stereocenters. The Morgan fingerprint density at radius 3 is 2.24 bits per heavy atom. The Labute approximate surface area is 148 Å². The number of carboxylic acid groups (broad SMARTS) is 2. The number of rotatable bonds is 4. The molecule has 10 heteroatoms. The summed E-state index contributed by atoms with van der Waals surface area (Å²) in [5.41, 5.74) is 6.59. The Bertz CT molecular complexity index is 777. The molecule has 0 aliphatic rings. The Balaban J connectivity index is 0.000000257. The van der Waals surface area contributed by atoms with Gasteiger partial charge in [-0.15, -0.1) is 0 Å². The summed E-state index contributed by atoms with van der Waals surface area (Å²) in [5, 5.41) is 17.3. The van der Waals surface area contributed by atoms with Crippen LogP contribution >= 0.6 is 11.6 Å². The second kappa shape index (κ2) is 8.88. The van der Waals surface area contributed by atoms with E-state index in [0.717, 1.165) is 6.42 Å². The molecule has 134 valence electrons. The molecule has 0 aliphatic heterocycles. The second-order valence-electron chi connectivity index (χ2n) is 5.01. The second-order valence-corrected chi connectivity index (χ2v) is 5.35. The van der Waals surface area contributed by atoms with E-state index >= 15 is 0 Å². The van der Waals surface area contributed by atoms with Crippen LogP contribution in [0.15, 0.2) is 6.07 Å². The van der Waals surface area contributed by atoms with Crippen molar-refractivity contribution in [2.45, 2.75) is 33.6 Å². The lowest BCUT2D eigenvalue weighted by Gasteiger charge is -2.05. The van der Waals surface area contributed by atoms with E-state index in [4.69, 9.17) is 27.5 Å². The Hall–Kier alpha value is -2.81. The molecule has 0 bridgehead atoms. The third-order valence-corrected chi connectivity index (χ3v) is 3.07. The number of halogens is 1. The van der Waals surface area contributed by atoms with Crippen molar-refractivity contribution in [1.29, 1.82) is 0 Å². The van der Waals surface area contributed by atoms with E-state index in [1.54, 1.807) is 13.8 Å². The van der Waals surface area contributed by atoms with Crippen LogP contribution in [0.5, 0.6) is 0 Å². The van der Waals surface area contributed by atoms with Gasteiger partial charge in [-0.1, -0.05) is 6.92 Å². The van der Waals surface area contributed by atoms with Crippen LogP contribution < -0.4 is 5.73 Å². The van der Waals surface area contributed by atoms with Crippen molar-refractivity contribution < 1.29 is 19.8 Å². The quantitative estimate of drug-likeness (QED) is 0.689. The summed E-state index contributed by atoms with van der Waals surface area (Å²) in [7, 11) is 0. The van der Waals surface area contributed by atoms with Gasteiger partial charge in [0.2, 0.25) is 5.28 Å².